The highest BCUT2D eigenvalue weighted by atomic mass is 19.1. The smallest absolute Gasteiger partial charge is 0.339 e. The number of halogens is 1. The Balaban J connectivity index is 3.11. The van der Waals surface area contributed by atoms with E-state index in [4.69, 9.17) is 9.47 Å². The standard InChI is InChI=1S/C12H13FO4/c1-3-16-11(14)9-6-5-8(13)7-10(9)12(15)17-4-2/h5-7H,3-4H2,1-2H3. The maximum absolute atomic E-state index is 13.0. The second-order valence-electron chi connectivity index (χ2n) is 3.13. The third-order valence-electron chi connectivity index (χ3n) is 1.97. The Morgan fingerprint density at radius 1 is 1.06 bits per heavy atom. The van der Waals surface area contributed by atoms with E-state index in [2.05, 4.69) is 0 Å². The van der Waals surface area contributed by atoms with Crippen LogP contribution in [0, 0.1) is 5.82 Å². The lowest BCUT2D eigenvalue weighted by Crippen LogP contribution is -2.14. The van der Waals surface area contributed by atoms with Crippen molar-refractivity contribution in [1.82, 2.24) is 0 Å². The van der Waals surface area contributed by atoms with Crippen molar-refractivity contribution in [3.8, 4) is 0 Å². The monoisotopic (exact) mass is 240 g/mol. The molecule has 5 heteroatoms. The van der Waals surface area contributed by atoms with Gasteiger partial charge in [0.05, 0.1) is 24.3 Å². The fourth-order valence-corrected chi connectivity index (χ4v) is 1.28. The van der Waals surface area contributed by atoms with Crippen LogP contribution in [0.5, 0.6) is 0 Å². The first-order chi connectivity index (χ1) is 8.10. The van der Waals surface area contributed by atoms with E-state index in [1.807, 2.05) is 0 Å². The van der Waals surface area contributed by atoms with Gasteiger partial charge in [-0.25, -0.2) is 14.0 Å². The topological polar surface area (TPSA) is 52.6 Å². The fourth-order valence-electron chi connectivity index (χ4n) is 1.28. The first-order valence-electron chi connectivity index (χ1n) is 5.24. The second-order valence-corrected chi connectivity index (χ2v) is 3.13. The Morgan fingerprint density at radius 3 is 2.12 bits per heavy atom. The highest BCUT2D eigenvalue weighted by Gasteiger charge is 2.19. The van der Waals surface area contributed by atoms with Gasteiger partial charge in [-0.05, 0) is 32.0 Å². The van der Waals surface area contributed by atoms with Crippen molar-refractivity contribution >= 4 is 11.9 Å². The molecule has 0 fully saturated rings. The van der Waals surface area contributed by atoms with E-state index >= 15 is 0 Å². The zero-order valence-corrected chi connectivity index (χ0v) is 9.66. The second kappa shape index (κ2) is 5.98. The van der Waals surface area contributed by atoms with E-state index in [1.54, 1.807) is 13.8 Å². The molecule has 0 aliphatic heterocycles. The number of carbonyl (C=O) groups is 2. The normalized spacial score (nSPS) is 9.82. The Kier molecular flexibility index (Phi) is 4.63. The highest BCUT2D eigenvalue weighted by molar-refractivity contribution is 6.03. The average molecular weight is 240 g/mol. The highest BCUT2D eigenvalue weighted by Crippen LogP contribution is 2.14. The van der Waals surface area contributed by atoms with Crippen LogP contribution in [0.15, 0.2) is 18.2 Å². The lowest BCUT2D eigenvalue weighted by Gasteiger charge is -2.08. The minimum absolute atomic E-state index is 0.00620. The van der Waals surface area contributed by atoms with Crippen LogP contribution >= 0.6 is 0 Å². The van der Waals surface area contributed by atoms with Gasteiger partial charge in [0.25, 0.3) is 0 Å². The van der Waals surface area contributed by atoms with Gasteiger partial charge in [0, 0.05) is 0 Å². The third kappa shape index (κ3) is 3.27. The van der Waals surface area contributed by atoms with Gasteiger partial charge in [-0.1, -0.05) is 0 Å². The lowest BCUT2D eigenvalue weighted by atomic mass is 10.1. The van der Waals surface area contributed by atoms with Gasteiger partial charge < -0.3 is 9.47 Å². The number of hydrogen-bond donors (Lipinski definition) is 0. The average Bonchev–Trinajstić information content (AvgIpc) is 2.29. The molecule has 0 atom stereocenters. The minimum Gasteiger partial charge on any atom is -0.462 e. The number of ether oxygens (including phenoxy) is 2. The summed E-state index contributed by atoms with van der Waals surface area (Å²) in [5.74, 6) is -2.02. The predicted octanol–water partition coefficient (Wildman–Crippen LogP) is 2.18. The van der Waals surface area contributed by atoms with E-state index in [9.17, 15) is 14.0 Å². The summed E-state index contributed by atoms with van der Waals surface area (Å²) in [6, 6.07) is 3.26. The number of rotatable bonds is 4. The molecule has 0 unspecified atom stereocenters. The Hall–Kier alpha value is -1.91. The molecule has 0 spiro atoms. The molecule has 0 radical (unpaired) electrons. The molecule has 0 aliphatic carbocycles. The Bertz CT molecular complexity index is 429. The SMILES string of the molecule is CCOC(=O)c1ccc(F)cc1C(=O)OCC. The molecule has 0 saturated carbocycles. The molecule has 1 aromatic rings. The Morgan fingerprint density at radius 2 is 1.59 bits per heavy atom. The summed E-state index contributed by atoms with van der Waals surface area (Å²) in [4.78, 5) is 23.1. The molecular weight excluding hydrogens is 227 g/mol. The zero-order chi connectivity index (χ0) is 12.8. The van der Waals surface area contributed by atoms with E-state index in [0.29, 0.717) is 0 Å². The maximum atomic E-state index is 13.0. The van der Waals surface area contributed by atoms with Crippen molar-refractivity contribution in [2.24, 2.45) is 0 Å². The summed E-state index contributed by atoms with van der Waals surface area (Å²) in [6.45, 7) is 3.60. The number of hydrogen-bond acceptors (Lipinski definition) is 4. The first-order valence-corrected chi connectivity index (χ1v) is 5.24. The third-order valence-corrected chi connectivity index (χ3v) is 1.97. The molecule has 0 bridgehead atoms. The van der Waals surface area contributed by atoms with Crippen LogP contribution in [0.2, 0.25) is 0 Å². The Labute approximate surface area is 98.3 Å². The first kappa shape index (κ1) is 13.2. The summed E-state index contributed by atoms with van der Waals surface area (Å²) in [6.07, 6.45) is 0. The van der Waals surface area contributed by atoms with Crippen molar-refractivity contribution in [2.45, 2.75) is 13.8 Å². The molecule has 0 amide bonds. The molecule has 0 saturated heterocycles. The van der Waals surface area contributed by atoms with Crippen molar-refractivity contribution in [3.05, 3.63) is 35.1 Å². The van der Waals surface area contributed by atoms with Crippen LogP contribution in [0.4, 0.5) is 4.39 Å². The van der Waals surface area contributed by atoms with E-state index in [1.165, 1.54) is 6.07 Å². The fraction of sp³-hybridized carbons (Fsp3) is 0.333. The molecule has 1 aromatic carbocycles. The molecule has 17 heavy (non-hydrogen) atoms. The van der Waals surface area contributed by atoms with E-state index in [0.717, 1.165) is 12.1 Å². The molecule has 0 aliphatic rings. The van der Waals surface area contributed by atoms with Crippen molar-refractivity contribution in [1.29, 1.82) is 0 Å². The van der Waals surface area contributed by atoms with E-state index in [-0.39, 0.29) is 24.3 Å². The molecule has 0 N–H and O–H groups in total. The summed E-state index contributed by atoms with van der Waals surface area (Å²) in [5.41, 5.74) is -0.114. The molecule has 0 aromatic heterocycles. The van der Waals surface area contributed by atoms with Crippen LogP contribution in [0.1, 0.15) is 34.6 Å². The van der Waals surface area contributed by atoms with Gasteiger partial charge in [0.2, 0.25) is 0 Å². The van der Waals surface area contributed by atoms with Gasteiger partial charge in [-0.15, -0.1) is 0 Å². The van der Waals surface area contributed by atoms with Gasteiger partial charge in [0.15, 0.2) is 0 Å². The van der Waals surface area contributed by atoms with Crippen molar-refractivity contribution in [2.75, 3.05) is 13.2 Å². The largest absolute Gasteiger partial charge is 0.462 e. The summed E-state index contributed by atoms with van der Waals surface area (Å²) in [5, 5.41) is 0. The maximum Gasteiger partial charge on any atom is 0.339 e. The van der Waals surface area contributed by atoms with Gasteiger partial charge in [-0.2, -0.15) is 0 Å². The molecular formula is C12H13FO4. The van der Waals surface area contributed by atoms with Crippen LogP contribution in [-0.4, -0.2) is 25.2 Å². The quantitative estimate of drug-likeness (QED) is 0.757. The molecule has 0 heterocycles. The van der Waals surface area contributed by atoms with E-state index < -0.39 is 17.8 Å². The van der Waals surface area contributed by atoms with Crippen molar-refractivity contribution < 1.29 is 23.5 Å². The minimum atomic E-state index is -0.741. The number of benzene rings is 1. The van der Waals surface area contributed by atoms with Gasteiger partial charge >= 0.3 is 11.9 Å². The van der Waals surface area contributed by atoms with Crippen LogP contribution < -0.4 is 0 Å². The zero-order valence-electron chi connectivity index (χ0n) is 9.66. The molecule has 4 nitrogen and oxygen atoms in total. The van der Waals surface area contributed by atoms with Crippen LogP contribution in [0.25, 0.3) is 0 Å². The van der Waals surface area contributed by atoms with Gasteiger partial charge in [0.1, 0.15) is 5.82 Å². The lowest BCUT2D eigenvalue weighted by molar-refractivity contribution is 0.0478. The molecule has 1 rings (SSSR count). The summed E-state index contributed by atoms with van der Waals surface area (Å²) in [7, 11) is 0. The predicted molar refractivity (Wildman–Crippen MR) is 58.3 cm³/mol. The number of esters is 2. The summed E-state index contributed by atoms with van der Waals surface area (Å²) < 4.78 is 22.5. The van der Waals surface area contributed by atoms with Crippen LogP contribution in [0.3, 0.4) is 0 Å². The van der Waals surface area contributed by atoms with Crippen molar-refractivity contribution in [3.63, 3.8) is 0 Å². The van der Waals surface area contributed by atoms with Crippen LogP contribution in [-0.2, 0) is 9.47 Å². The van der Waals surface area contributed by atoms with Gasteiger partial charge in [-0.3, -0.25) is 0 Å². The summed E-state index contributed by atoms with van der Waals surface area (Å²) >= 11 is 0. The number of carbonyl (C=O) groups excluding carboxylic acids is 2. The molecule has 92 valence electrons.